The van der Waals surface area contributed by atoms with E-state index in [2.05, 4.69) is 18.4 Å². The number of unbranched alkanes of at least 4 members (excludes halogenated alkanes) is 15. The number of aliphatic hydroxyl groups excluding tert-OH is 2. The van der Waals surface area contributed by atoms with Crippen molar-refractivity contribution >= 4 is 19.8 Å². The van der Waals surface area contributed by atoms with Gasteiger partial charge in [0.15, 0.2) is 6.10 Å². The zero-order valence-corrected chi connectivity index (χ0v) is 26.0. The van der Waals surface area contributed by atoms with Gasteiger partial charge in [-0.25, -0.2) is 4.57 Å². The third kappa shape index (κ3) is 25.9. The van der Waals surface area contributed by atoms with Gasteiger partial charge in [-0.2, -0.15) is 0 Å². The van der Waals surface area contributed by atoms with Crippen LogP contribution in [0.2, 0.25) is 0 Å². The number of phosphoric ester groups is 1. The predicted octanol–water partition coefficient (Wildman–Crippen LogP) is 6.38. The van der Waals surface area contributed by atoms with Gasteiger partial charge < -0.3 is 24.6 Å². The van der Waals surface area contributed by atoms with Crippen molar-refractivity contribution in [1.29, 1.82) is 0 Å². The summed E-state index contributed by atoms with van der Waals surface area (Å²) in [5, 5.41) is 18.1. The Hall–Kier alpha value is -1.03. The van der Waals surface area contributed by atoms with Crippen LogP contribution < -0.4 is 0 Å². The van der Waals surface area contributed by atoms with Gasteiger partial charge in [0.1, 0.15) is 12.7 Å². The van der Waals surface area contributed by atoms with Crippen LogP contribution in [-0.4, -0.2) is 65.7 Å². The van der Waals surface area contributed by atoms with Crippen LogP contribution in [0.25, 0.3) is 0 Å². The van der Waals surface area contributed by atoms with Gasteiger partial charge >= 0.3 is 19.8 Å². The minimum atomic E-state index is -4.59. The van der Waals surface area contributed by atoms with Crippen molar-refractivity contribution in [2.24, 2.45) is 0 Å². The maximum absolute atomic E-state index is 12.4. The number of carbonyl (C=O) groups is 2. The quantitative estimate of drug-likeness (QED) is 0.0504. The fourth-order valence-corrected chi connectivity index (χ4v) is 4.84. The van der Waals surface area contributed by atoms with Crippen LogP contribution >= 0.6 is 7.82 Å². The molecule has 0 radical (unpaired) electrons. The Morgan fingerprint density at radius 2 is 1.07 bits per heavy atom. The maximum atomic E-state index is 12.4. The molecule has 0 saturated carbocycles. The summed E-state index contributed by atoms with van der Waals surface area (Å²) in [7, 11) is -4.59. The van der Waals surface area contributed by atoms with Crippen LogP contribution in [0.3, 0.4) is 0 Å². The zero-order chi connectivity index (χ0) is 29.9. The second kappa shape index (κ2) is 26.8. The molecule has 11 heteroatoms. The molecule has 0 aliphatic rings. The van der Waals surface area contributed by atoms with E-state index in [-0.39, 0.29) is 19.4 Å². The summed E-state index contributed by atoms with van der Waals surface area (Å²) in [6.45, 7) is 2.28. The molecule has 2 unspecified atom stereocenters. The average Bonchev–Trinajstić information content (AvgIpc) is 2.93. The van der Waals surface area contributed by atoms with Crippen LogP contribution in [0.4, 0.5) is 0 Å². The summed E-state index contributed by atoms with van der Waals surface area (Å²) >= 11 is 0. The fraction of sp³-hybridized carbons (Fsp3) is 0.931. The minimum absolute atomic E-state index is 0.188. The van der Waals surface area contributed by atoms with E-state index < -0.39 is 51.8 Å². The Morgan fingerprint density at radius 1 is 0.650 bits per heavy atom. The van der Waals surface area contributed by atoms with Gasteiger partial charge in [-0.15, -0.1) is 0 Å². The molecule has 238 valence electrons. The molecule has 0 aromatic carbocycles. The van der Waals surface area contributed by atoms with E-state index in [1.54, 1.807) is 0 Å². The number of hydrogen-bond donors (Lipinski definition) is 3. The molecule has 0 bridgehead atoms. The van der Waals surface area contributed by atoms with Crippen molar-refractivity contribution in [3.63, 3.8) is 0 Å². The second-order valence-corrected chi connectivity index (χ2v) is 11.9. The van der Waals surface area contributed by atoms with Gasteiger partial charge in [-0.3, -0.25) is 18.6 Å². The van der Waals surface area contributed by atoms with E-state index in [1.165, 1.54) is 57.8 Å². The predicted molar refractivity (Wildman–Crippen MR) is 155 cm³/mol. The standard InChI is InChI=1S/C29H57O10P/c1-3-5-7-9-11-13-15-16-18-20-28(32)36-24-27(25-38-40(34,35)37-23-26(31)22-30)39-29(33)21-19-17-14-12-10-8-6-4-2/h26-27,30-31H,3-25H2,1-2H3,(H,34,35)/t26?,27-/m1/s1. The lowest BCUT2D eigenvalue weighted by atomic mass is 10.1. The summed E-state index contributed by atoms with van der Waals surface area (Å²) in [5.74, 6) is -0.930. The first-order chi connectivity index (χ1) is 19.2. The van der Waals surface area contributed by atoms with E-state index in [0.29, 0.717) is 12.8 Å². The van der Waals surface area contributed by atoms with Crippen molar-refractivity contribution in [2.75, 3.05) is 26.4 Å². The molecular weight excluding hydrogens is 539 g/mol. The zero-order valence-electron chi connectivity index (χ0n) is 25.1. The number of ether oxygens (including phenoxy) is 2. The Balaban J connectivity index is 4.48. The van der Waals surface area contributed by atoms with Crippen LogP contribution in [-0.2, 0) is 32.7 Å². The fourth-order valence-electron chi connectivity index (χ4n) is 4.05. The Labute approximate surface area is 242 Å². The molecule has 3 atom stereocenters. The summed E-state index contributed by atoms with van der Waals surface area (Å²) in [6.07, 6.45) is 16.8. The maximum Gasteiger partial charge on any atom is 0.472 e. The highest BCUT2D eigenvalue weighted by Gasteiger charge is 2.27. The number of aliphatic hydroxyl groups is 2. The molecular formula is C29H57O10P. The molecule has 40 heavy (non-hydrogen) atoms. The second-order valence-electron chi connectivity index (χ2n) is 10.5. The normalized spacial score (nSPS) is 14.4. The van der Waals surface area contributed by atoms with Gasteiger partial charge in [0.2, 0.25) is 0 Å². The molecule has 0 amide bonds. The first-order valence-electron chi connectivity index (χ1n) is 15.5. The van der Waals surface area contributed by atoms with Crippen molar-refractivity contribution < 1.29 is 47.8 Å². The van der Waals surface area contributed by atoms with Crippen molar-refractivity contribution in [3.05, 3.63) is 0 Å². The summed E-state index contributed by atoms with van der Waals surface area (Å²) in [5.41, 5.74) is 0. The van der Waals surface area contributed by atoms with Crippen molar-refractivity contribution in [1.82, 2.24) is 0 Å². The van der Waals surface area contributed by atoms with Gasteiger partial charge in [-0.05, 0) is 12.8 Å². The average molecular weight is 597 g/mol. The molecule has 10 nitrogen and oxygen atoms in total. The molecule has 0 aliphatic heterocycles. The molecule has 0 fully saturated rings. The van der Waals surface area contributed by atoms with E-state index >= 15 is 0 Å². The molecule has 0 aliphatic carbocycles. The lowest BCUT2D eigenvalue weighted by Gasteiger charge is -2.20. The lowest BCUT2D eigenvalue weighted by molar-refractivity contribution is -0.161. The molecule has 3 N–H and O–H groups in total. The Bertz CT molecular complexity index is 661. The number of phosphoric acid groups is 1. The summed E-state index contributed by atoms with van der Waals surface area (Å²) in [4.78, 5) is 34.4. The Kier molecular flexibility index (Phi) is 26.2. The number of hydrogen-bond acceptors (Lipinski definition) is 9. The van der Waals surface area contributed by atoms with Gasteiger partial charge in [-0.1, -0.05) is 110 Å². The third-order valence-electron chi connectivity index (χ3n) is 6.51. The Morgan fingerprint density at radius 3 is 1.55 bits per heavy atom. The molecule has 0 heterocycles. The molecule has 0 rings (SSSR count). The van der Waals surface area contributed by atoms with Crippen molar-refractivity contribution in [2.45, 2.75) is 148 Å². The highest BCUT2D eigenvalue weighted by molar-refractivity contribution is 7.47. The molecule has 0 saturated heterocycles. The van der Waals surface area contributed by atoms with E-state index in [4.69, 9.17) is 19.1 Å². The highest BCUT2D eigenvalue weighted by atomic mass is 31.2. The monoisotopic (exact) mass is 596 g/mol. The molecule has 0 aromatic heterocycles. The van der Waals surface area contributed by atoms with Gasteiger partial charge in [0.05, 0.1) is 19.8 Å². The van der Waals surface area contributed by atoms with E-state index in [9.17, 15) is 24.2 Å². The third-order valence-corrected chi connectivity index (χ3v) is 7.46. The topological polar surface area (TPSA) is 149 Å². The highest BCUT2D eigenvalue weighted by Crippen LogP contribution is 2.43. The van der Waals surface area contributed by atoms with Crippen LogP contribution in [0.15, 0.2) is 0 Å². The first-order valence-corrected chi connectivity index (χ1v) is 17.0. The van der Waals surface area contributed by atoms with Crippen LogP contribution in [0, 0.1) is 0 Å². The summed E-state index contributed by atoms with van der Waals surface area (Å²) < 4.78 is 32.3. The van der Waals surface area contributed by atoms with Crippen LogP contribution in [0.5, 0.6) is 0 Å². The number of rotatable bonds is 29. The summed E-state index contributed by atoms with van der Waals surface area (Å²) in [6, 6.07) is 0. The SMILES string of the molecule is CCCCCCCCCCCC(=O)OC[C@H](COP(=O)(O)OCC(O)CO)OC(=O)CCCCCCCCCC. The van der Waals surface area contributed by atoms with E-state index in [1.807, 2.05) is 0 Å². The number of carbonyl (C=O) groups excluding carboxylic acids is 2. The molecule has 0 aromatic rings. The van der Waals surface area contributed by atoms with E-state index in [0.717, 1.165) is 38.5 Å². The number of esters is 2. The van der Waals surface area contributed by atoms with Crippen LogP contribution in [0.1, 0.15) is 136 Å². The van der Waals surface area contributed by atoms with Gasteiger partial charge in [0, 0.05) is 12.8 Å². The smallest absolute Gasteiger partial charge is 0.462 e. The first kappa shape index (κ1) is 39.0. The van der Waals surface area contributed by atoms with Crippen molar-refractivity contribution in [3.8, 4) is 0 Å². The largest absolute Gasteiger partial charge is 0.472 e. The lowest BCUT2D eigenvalue weighted by Crippen LogP contribution is -2.29. The van der Waals surface area contributed by atoms with Gasteiger partial charge in [0.25, 0.3) is 0 Å². The minimum Gasteiger partial charge on any atom is -0.462 e. The molecule has 0 spiro atoms.